The smallest absolute Gasteiger partial charge is 0.242 e. The highest BCUT2D eigenvalue weighted by Gasteiger charge is 2.25. The van der Waals surface area contributed by atoms with Crippen molar-refractivity contribution in [2.75, 3.05) is 18.9 Å². The Morgan fingerprint density at radius 1 is 1.32 bits per heavy atom. The van der Waals surface area contributed by atoms with Crippen LogP contribution in [0.5, 0.6) is 0 Å². The summed E-state index contributed by atoms with van der Waals surface area (Å²) in [5.41, 5.74) is 0.580. The summed E-state index contributed by atoms with van der Waals surface area (Å²) >= 11 is 0. The molecule has 0 amide bonds. The molecule has 19 heavy (non-hydrogen) atoms. The molecule has 6 heteroatoms. The van der Waals surface area contributed by atoms with E-state index in [0.29, 0.717) is 12.2 Å². The fourth-order valence-corrected chi connectivity index (χ4v) is 3.36. The topological polar surface area (TPSA) is 78.4 Å². The Morgan fingerprint density at radius 3 is 2.68 bits per heavy atom. The third-order valence-electron chi connectivity index (χ3n) is 3.62. The summed E-state index contributed by atoms with van der Waals surface area (Å²) in [5.74, 6) is 0.199. The van der Waals surface area contributed by atoms with Gasteiger partial charge in [-0.05, 0) is 32.0 Å². The normalized spacial score (nSPS) is 23.5. The van der Waals surface area contributed by atoms with Gasteiger partial charge in [-0.1, -0.05) is 18.6 Å². The molecule has 0 radical (unpaired) electrons. The molecule has 5 nitrogen and oxygen atoms in total. The quantitative estimate of drug-likeness (QED) is 0.758. The lowest BCUT2D eigenvalue weighted by Gasteiger charge is -2.17. The van der Waals surface area contributed by atoms with Gasteiger partial charge < -0.3 is 10.4 Å². The van der Waals surface area contributed by atoms with E-state index in [9.17, 15) is 13.5 Å². The SMILES string of the molecule is CNS(=O)(=O)c1ccccc1NCC1CCCC1O. The maximum absolute atomic E-state index is 11.9. The molecular weight excluding hydrogens is 264 g/mol. The first-order valence-corrected chi connectivity index (χ1v) is 7.97. The molecule has 2 atom stereocenters. The molecule has 0 bridgehead atoms. The predicted octanol–water partition coefficient (Wildman–Crippen LogP) is 1.17. The van der Waals surface area contributed by atoms with Crippen molar-refractivity contribution in [3.8, 4) is 0 Å². The van der Waals surface area contributed by atoms with Crippen LogP contribution >= 0.6 is 0 Å². The molecular formula is C13H20N2O3S. The van der Waals surface area contributed by atoms with Gasteiger partial charge in [-0.3, -0.25) is 0 Å². The van der Waals surface area contributed by atoms with Crippen molar-refractivity contribution in [2.24, 2.45) is 5.92 Å². The summed E-state index contributed by atoms with van der Waals surface area (Å²) in [5, 5.41) is 12.9. The summed E-state index contributed by atoms with van der Waals surface area (Å²) in [6, 6.07) is 6.80. The highest BCUT2D eigenvalue weighted by atomic mass is 32.2. The van der Waals surface area contributed by atoms with Gasteiger partial charge >= 0.3 is 0 Å². The van der Waals surface area contributed by atoms with Crippen LogP contribution in [0.4, 0.5) is 5.69 Å². The highest BCUT2D eigenvalue weighted by Crippen LogP contribution is 2.27. The van der Waals surface area contributed by atoms with Crippen LogP contribution in [0.3, 0.4) is 0 Å². The van der Waals surface area contributed by atoms with Crippen molar-refractivity contribution in [1.82, 2.24) is 4.72 Å². The lowest BCUT2D eigenvalue weighted by molar-refractivity contribution is 0.138. The fraction of sp³-hybridized carbons (Fsp3) is 0.538. The van der Waals surface area contributed by atoms with E-state index in [1.165, 1.54) is 7.05 Å². The fourth-order valence-electron chi connectivity index (χ4n) is 2.45. The van der Waals surface area contributed by atoms with Gasteiger partial charge in [0, 0.05) is 12.5 Å². The third-order valence-corrected chi connectivity index (χ3v) is 5.09. The van der Waals surface area contributed by atoms with Crippen molar-refractivity contribution < 1.29 is 13.5 Å². The van der Waals surface area contributed by atoms with Crippen molar-refractivity contribution >= 4 is 15.7 Å². The van der Waals surface area contributed by atoms with Gasteiger partial charge in [0.2, 0.25) is 10.0 Å². The Kier molecular flexibility index (Phi) is 4.44. The molecule has 1 aliphatic rings. The lowest BCUT2D eigenvalue weighted by Crippen LogP contribution is -2.24. The zero-order valence-corrected chi connectivity index (χ0v) is 11.8. The summed E-state index contributed by atoms with van der Waals surface area (Å²) < 4.78 is 26.1. The number of hydrogen-bond acceptors (Lipinski definition) is 4. The van der Waals surface area contributed by atoms with E-state index in [-0.39, 0.29) is 16.9 Å². The van der Waals surface area contributed by atoms with Gasteiger partial charge in [-0.15, -0.1) is 0 Å². The molecule has 2 rings (SSSR count). The van der Waals surface area contributed by atoms with Gasteiger partial charge in [0.05, 0.1) is 11.8 Å². The van der Waals surface area contributed by atoms with Crippen LogP contribution in [0, 0.1) is 5.92 Å². The second kappa shape index (κ2) is 5.90. The van der Waals surface area contributed by atoms with E-state index in [2.05, 4.69) is 10.0 Å². The summed E-state index contributed by atoms with van der Waals surface area (Å²) in [4.78, 5) is 0.241. The molecule has 0 heterocycles. The first-order valence-electron chi connectivity index (χ1n) is 6.49. The average Bonchev–Trinajstić information content (AvgIpc) is 2.82. The lowest BCUT2D eigenvalue weighted by atomic mass is 10.1. The molecule has 1 aromatic rings. The van der Waals surface area contributed by atoms with Crippen LogP contribution < -0.4 is 10.0 Å². The van der Waals surface area contributed by atoms with Gasteiger partial charge in [-0.25, -0.2) is 13.1 Å². The molecule has 1 aromatic carbocycles. The number of sulfonamides is 1. The van der Waals surface area contributed by atoms with Crippen LogP contribution in [0.25, 0.3) is 0 Å². The molecule has 0 aromatic heterocycles. The maximum Gasteiger partial charge on any atom is 0.242 e. The first kappa shape index (κ1) is 14.3. The molecule has 0 saturated heterocycles. The van der Waals surface area contributed by atoms with Crippen LogP contribution in [-0.4, -0.2) is 33.2 Å². The second-order valence-corrected chi connectivity index (χ2v) is 6.70. The number of hydrogen-bond donors (Lipinski definition) is 3. The Hall–Kier alpha value is -1.11. The number of rotatable bonds is 5. The monoisotopic (exact) mass is 284 g/mol. The number of para-hydroxylation sites is 1. The minimum Gasteiger partial charge on any atom is -0.393 e. The van der Waals surface area contributed by atoms with E-state index in [1.54, 1.807) is 24.3 Å². The second-order valence-electron chi connectivity index (χ2n) is 4.84. The van der Waals surface area contributed by atoms with E-state index >= 15 is 0 Å². The van der Waals surface area contributed by atoms with Gasteiger partial charge in [-0.2, -0.15) is 0 Å². The number of anilines is 1. The van der Waals surface area contributed by atoms with Crippen molar-refractivity contribution in [1.29, 1.82) is 0 Å². The van der Waals surface area contributed by atoms with E-state index < -0.39 is 10.0 Å². The standard InChI is InChI=1S/C13H20N2O3S/c1-14-19(17,18)13-8-3-2-6-11(13)15-9-10-5-4-7-12(10)16/h2-3,6,8,10,12,14-16H,4-5,7,9H2,1H3. The zero-order valence-electron chi connectivity index (χ0n) is 11.0. The van der Waals surface area contributed by atoms with Crippen LogP contribution in [0.1, 0.15) is 19.3 Å². The van der Waals surface area contributed by atoms with E-state index in [4.69, 9.17) is 0 Å². The Bertz CT molecular complexity index is 530. The summed E-state index contributed by atoms with van der Waals surface area (Å²) in [6.07, 6.45) is 2.57. The summed E-state index contributed by atoms with van der Waals surface area (Å²) in [7, 11) is -2.07. The van der Waals surface area contributed by atoms with Crippen LogP contribution in [-0.2, 0) is 10.0 Å². The molecule has 0 aliphatic heterocycles. The zero-order chi connectivity index (χ0) is 13.9. The third kappa shape index (κ3) is 3.26. The number of benzene rings is 1. The highest BCUT2D eigenvalue weighted by molar-refractivity contribution is 7.89. The molecule has 1 aliphatic carbocycles. The van der Waals surface area contributed by atoms with Crippen molar-refractivity contribution in [2.45, 2.75) is 30.3 Å². The average molecular weight is 284 g/mol. The number of nitrogens with one attached hydrogen (secondary N) is 2. The molecule has 3 N–H and O–H groups in total. The Balaban J connectivity index is 2.12. The Morgan fingerprint density at radius 2 is 2.05 bits per heavy atom. The largest absolute Gasteiger partial charge is 0.393 e. The van der Waals surface area contributed by atoms with Gasteiger partial charge in [0.15, 0.2) is 0 Å². The molecule has 0 spiro atoms. The first-order chi connectivity index (χ1) is 9.04. The minimum atomic E-state index is -3.46. The number of aliphatic hydroxyl groups excluding tert-OH is 1. The van der Waals surface area contributed by atoms with Gasteiger partial charge in [0.25, 0.3) is 0 Å². The van der Waals surface area contributed by atoms with Crippen molar-refractivity contribution in [3.63, 3.8) is 0 Å². The van der Waals surface area contributed by atoms with Gasteiger partial charge in [0.1, 0.15) is 4.90 Å². The maximum atomic E-state index is 11.9. The Labute approximate surface area is 114 Å². The predicted molar refractivity (Wildman–Crippen MR) is 74.5 cm³/mol. The van der Waals surface area contributed by atoms with Crippen molar-refractivity contribution in [3.05, 3.63) is 24.3 Å². The van der Waals surface area contributed by atoms with Crippen LogP contribution in [0.2, 0.25) is 0 Å². The molecule has 1 saturated carbocycles. The van der Waals surface area contributed by atoms with Crippen LogP contribution in [0.15, 0.2) is 29.2 Å². The summed E-state index contributed by atoms with van der Waals surface area (Å²) in [6.45, 7) is 0.595. The molecule has 2 unspecified atom stereocenters. The number of aliphatic hydroxyl groups is 1. The molecule has 1 fully saturated rings. The van der Waals surface area contributed by atoms with E-state index in [0.717, 1.165) is 19.3 Å². The molecule has 106 valence electrons. The van der Waals surface area contributed by atoms with E-state index in [1.807, 2.05) is 0 Å². The minimum absolute atomic E-state index is 0.199.